The Hall–Kier alpha value is -0.460. The van der Waals surface area contributed by atoms with Gasteiger partial charge >= 0.3 is 0 Å². The molecule has 0 saturated heterocycles. The van der Waals surface area contributed by atoms with E-state index >= 15 is 0 Å². The fourth-order valence-corrected chi connectivity index (χ4v) is 1.17. The van der Waals surface area contributed by atoms with E-state index in [-0.39, 0.29) is 0 Å². The number of unbranched alkanes of at least 4 members (excludes halogenated alkanes) is 3. The molecule has 0 unspecified atom stereocenters. The quantitative estimate of drug-likeness (QED) is 0.487. The zero-order valence-electron chi connectivity index (χ0n) is 8.64. The first-order chi connectivity index (χ1) is 5.56. The molecule has 0 radical (unpaired) electrons. The third-order valence-corrected chi connectivity index (χ3v) is 1.90. The largest absolute Gasteiger partial charge is 0.516 e. The first-order valence-electron chi connectivity index (χ1n) is 4.85. The molecule has 0 aliphatic rings. The highest BCUT2D eigenvalue weighted by molar-refractivity contribution is 4.71. The highest BCUT2D eigenvalue weighted by atomic mass is 16.2. The number of aliphatic hydroxyl groups excluding tert-OH is 1. The molecule has 0 spiro atoms. The van der Waals surface area contributed by atoms with Gasteiger partial charge in [-0.15, -0.1) is 0 Å². The van der Waals surface area contributed by atoms with Crippen LogP contribution in [0.15, 0.2) is 12.3 Å². The molecule has 0 bridgehead atoms. The fourth-order valence-electron chi connectivity index (χ4n) is 1.17. The number of aliphatic hydroxyl groups is 1. The lowest BCUT2D eigenvalue weighted by Crippen LogP contribution is -2.03. The topological polar surface area (TPSA) is 20.2 Å². The molecular weight excluding hydrogens is 148 g/mol. The first-order valence-corrected chi connectivity index (χ1v) is 4.85. The lowest BCUT2D eigenvalue weighted by Gasteiger charge is -2.17. The molecule has 0 atom stereocenters. The number of hydrogen-bond donors (Lipinski definition) is 1. The van der Waals surface area contributed by atoms with Crippen molar-refractivity contribution in [1.82, 2.24) is 0 Å². The van der Waals surface area contributed by atoms with E-state index in [4.69, 9.17) is 5.11 Å². The molecule has 0 aliphatic carbocycles. The lowest BCUT2D eigenvalue weighted by atomic mass is 9.89. The molecule has 0 fully saturated rings. The second kappa shape index (κ2) is 6.10. The minimum atomic E-state index is 0.479. The van der Waals surface area contributed by atoms with Crippen LogP contribution in [0.2, 0.25) is 0 Å². The molecule has 0 heterocycles. The Morgan fingerprint density at radius 2 is 1.75 bits per heavy atom. The van der Waals surface area contributed by atoms with Gasteiger partial charge in [-0.1, -0.05) is 39.7 Å². The average Bonchev–Trinajstić information content (AvgIpc) is 1.94. The van der Waals surface area contributed by atoms with Crippen LogP contribution in [0.25, 0.3) is 0 Å². The highest BCUT2D eigenvalue weighted by Gasteiger charge is 2.08. The van der Waals surface area contributed by atoms with Crippen LogP contribution in [-0.2, 0) is 0 Å². The molecule has 0 saturated carbocycles. The summed E-state index contributed by atoms with van der Waals surface area (Å²) < 4.78 is 0. The predicted molar refractivity (Wildman–Crippen MR) is 54.3 cm³/mol. The Kier molecular flexibility index (Phi) is 5.87. The molecule has 1 heteroatoms. The highest BCUT2D eigenvalue weighted by Crippen LogP contribution is 2.22. The molecule has 1 N–H and O–H groups in total. The van der Waals surface area contributed by atoms with Crippen molar-refractivity contribution in [2.24, 2.45) is 5.41 Å². The van der Waals surface area contributed by atoms with Crippen LogP contribution in [0.3, 0.4) is 0 Å². The minimum Gasteiger partial charge on any atom is -0.516 e. The minimum absolute atomic E-state index is 0.479. The molecule has 0 aromatic carbocycles. The van der Waals surface area contributed by atoms with Crippen molar-refractivity contribution >= 4 is 0 Å². The number of hydrogen-bond acceptors (Lipinski definition) is 1. The summed E-state index contributed by atoms with van der Waals surface area (Å²) in [6, 6.07) is 0. The van der Waals surface area contributed by atoms with E-state index in [2.05, 4.69) is 20.8 Å². The van der Waals surface area contributed by atoms with Crippen molar-refractivity contribution in [3.8, 4) is 0 Å². The predicted octanol–water partition coefficient (Wildman–Crippen LogP) is 4.05. The van der Waals surface area contributed by atoms with Crippen molar-refractivity contribution in [1.29, 1.82) is 0 Å². The zero-order chi connectivity index (χ0) is 9.45. The standard InChI is InChI=1S/C11H22O/c1-11(2,3)9-7-5-4-6-8-10-12/h8,10,12H,4-7,9H2,1-3H3. The SMILES string of the molecule is CC(C)(C)CCCCCC=CO. The van der Waals surface area contributed by atoms with Crippen molar-refractivity contribution in [2.75, 3.05) is 0 Å². The van der Waals surface area contributed by atoms with Crippen LogP contribution < -0.4 is 0 Å². The van der Waals surface area contributed by atoms with Crippen LogP contribution in [-0.4, -0.2) is 5.11 Å². The van der Waals surface area contributed by atoms with Crippen LogP contribution in [0.1, 0.15) is 52.9 Å². The van der Waals surface area contributed by atoms with Crippen LogP contribution in [0.5, 0.6) is 0 Å². The van der Waals surface area contributed by atoms with Gasteiger partial charge in [0.1, 0.15) is 0 Å². The molecule has 0 rings (SSSR count). The van der Waals surface area contributed by atoms with Gasteiger partial charge < -0.3 is 5.11 Å². The van der Waals surface area contributed by atoms with Crippen molar-refractivity contribution in [2.45, 2.75) is 52.9 Å². The van der Waals surface area contributed by atoms with Gasteiger partial charge in [-0.25, -0.2) is 0 Å². The molecule has 72 valence electrons. The first kappa shape index (κ1) is 11.5. The molecule has 0 aliphatic heterocycles. The number of rotatable bonds is 5. The Morgan fingerprint density at radius 3 is 2.25 bits per heavy atom. The third-order valence-electron chi connectivity index (χ3n) is 1.90. The Labute approximate surface area is 76.5 Å². The number of allylic oxidation sites excluding steroid dienone is 1. The normalized spacial score (nSPS) is 12.6. The molecule has 0 aromatic rings. The van der Waals surface area contributed by atoms with Crippen molar-refractivity contribution in [3.63, 3.8) is 0 Å². The third kappa shape index (κ3) is 9.54. The summed E-state index contributed by atoms with van der Waals surface area (Å²) in [6.45, 7) is 6.84. The molecule has 0 amide bonds. The van der Waals surface area contributed by atoms with Gasteiger partial charge in [-0.2, -0.15) is 0 Å². The summed E-state index contributed by atoms with van der Waals surface area (Å²) in [5, 5.41) is 8.37. The maximum atomic E-state index is 8.37. The second-order valence-electron chi connectivity index (χ2n) is 4.54. The van der Waals surface area contributed by atoms with Gasteiger partial charge in [0.05, 0.1) is 6.26 Å². The monoisotopic (exact) mass is 170 g/mol. The van der Waals surface area contributed by atoms with Crippen LogP contribution in [0.4, 0.5) is 0 Å². The van der Waals surface area contributed by atoms with Crippen molar-refractivity contribution < 1.29 is 5.11 Å². The molecule has 12 heavy (non-hydrogen) atoms. The van der Waals surface area contributed by atoms with E-state index in [1.54, 1.807) is 0 Å². The van der Waals surface area contributed by atoms with Gasteiger partial charge in [0.15, 0.2) is 0 Å². The second-order valence-corrected chi connectivity index (χ2v) is 4.54. The summed E-state index contributed by atoms with van der Waals surface area (Å²) in [6.07, 6.45) is 9.06. The summed E-state index contributed by atoms with van der Waals surface area (Å²) in [5.74, 6) is 0. The zero-order valence-corrected chi connectivity index (χ0v) is 8.64. The smallest absolute Gasteiger partial charge is 0.0751 e. The van der Waals surface area contributed by atoms with Crippen molar-refractivity contribution in [3.05, 3.63) is 12.3 Å². The molecule has 0 aromatic heterocycles. The Balaban J connectivity index is 3.11. The molecule has 1 nitrogen and oxygen atoms in total. The van der Waals surface area contributed by atoms with E-state index in [0.29, 0.717) is 5.41 Å². The van der Waals surface area contributed by atoms with E-state index in [1.807, 2.05) is 6.08 Å². The van der Waals surface area contributed by atoms with Crippen LogP contribution in [0, 0.1) is 5.41 Å². The lowest BCUT2D eigenvalue weighted by molar-refractivity contribution is 0.358. The van der Waals surface area contributed by atoms with E-state index in [0.717, 1.165) is 12.7 Å². The Morgan fingerprint density at radius 1 is 1.08 bits per heavy atom. The molecular formula is C11H22O. The van der Waals surface area contributed by atoms with Crippen LogP contribution >= 0.6 is 0 Å². The summed E-state index contributed by atoms with van der Waals surface area (Å²) in [7, 11) is 0. The van der Waals surface area contributed by atoms with Gasteiger partial charge in [-0.05, 0) is 24.7 Å². The van der Waals surface area contributed by atoms with Gasteiger partial charge in [0.25, 0.3) is 0 Å². The van der Waals surface area contributed by atoms with Gasteiger partial charge in [0.2, 0.25) is 0 Å². The van der Waals surface area contributed by atoms with E-state index in [1.165, 1.54) is 25.7 Å². The maximum absolute atomic E-state index is 8.37. The summed E-state index contributed by atoms with van der Waals surface area (Å²) in [5.41, 5.74) is 0.479. The van der Waals surface area contributed by atoms with Gasteiger partial charge in [-0.3, -0.25) is 0 Å². The van der Waals surface area contributed by atoms with Gasteiger partial charge in [0, 0.05) is 0 Å². The summed E-state index contributed by atoms with van der Waals surface area (Å²) in [4.78, 5) is 0. The summed E-state index contributed by atoms with van der Waals surface area (Å²) >= 11 is 0. The fraction of sp³-hybridized carbons (Fsp3) is 0.818. The van der Waals surface area contributed by atoms with E-state index < -0.39 is 0 Å². The average molecular weight is 170 g/mol. The Bertz CT molecular complexity index is 119. The van der Waals surface area contributed by atoms with E-state index in [9.17, 15) is 0 Å². The maximum Gasteiger partial charge on any atom is 0.0751 e.